The highest BCUT2D eigenvalue weighted by Crippen LogP contribution is 2.51. The van der Waals surface area contributed by atoms with Crippen LogP contribution < -0.4 is 5.84 Å². The van der Waals surface area contributed by atoms with Crippen LogP contribution in [0.15, 0.2) is 11.1 Å². The van der Waals surface area contributed by atoms with Crippen LogP contribution in [0.2, 0.25) is 0 Å². The van der Waals surface area contributed by atoms with Crippen LogP contribution in [-0.4, -0.2) is 16.8 Å². The number of nitrogens with zero attached hydrogens (tertiary/aromatic N) is 1. The molecule has 18 heavy (non-hydrogen) atoms. The first kappa shape index (κ1) is 11.9. The third kappa shape index (κ3) is 1.48. The van der Waals surface area contributed by atoms with Crippen molar-refractivity contribution in [3.05, 3.63) is 11.1 Å². The number of fused-ring (bicyclic) bond motifs is 1. The van der Waals surface area contributed by atoms with E-state index in [0.717, 1.165) is 24.3 Å². The Labute approximate surface area is 107 Å². The molecule has 2 amide bonds. The van der Waals surface area contributed by atoms with Gasteiger partial charge in [0.1, 0.15) is 0 Å². The van der Waals surface area contributed by atoms with Gasteiger partial charge >= 0.3 is 0 Å². The first-order chi connectivity index (χ1) is 8.42. The summed E-state index contributed by atoms with van der Waals surface area (Å²) in [5.41, 5.74) is 3.03. The van der Waals surface area contributed by atoms with E-state index in [9.17, 15) is 9.59 Å². The monoisotopic (exact) mass is 248 g/mol. The number of nitrogens with two attached hydrogens (primary N) is 1. The molecular weight excluding hydrogens is 228 g/mol. The maximum absolute atomic E-state index is 12.0. The lowest BCUT2D eigenvalue weighted by molar-refractivity contribution is -0.140. The van der Waals surface area contributed by atoms with Crippen LogP contribution in [0.1, 0.15) is 46.0 Å². The molecule has 1 saturated heterocycles. The lowest BCUT2D eigenvalue weighted by atomic mass is 9.63. The first-order valence-electron chi connectivity index (χ1n) is 6.76. The highest BCUT2D eigenvalue weighted by atomic mass is 16.2. The zero-order valence-electron chi connectivity index (χ0n) is 11.0. The van der Waals surface area contributed by atoms with Gasteiger partial charge < -0.3 is 0 Å². The van der Waals surface area contributed by atoms with Gasteiger partial charge in [0, 0.05) is 0 Å². The Morgan fingerprint density at radius 3 is 2.44 bits per heavy atom. The van der Waals surface area contributed by atoms with Gasteiger partial charge in [0.15, 0.2) is 0 Å². The van der Waals surface area contributed by atoms with Crippen molar-refractivity contribution < 1.29 is 9.59 Å². The summed E-state index contributed by atoms with van der Waals surface area (Å²) < 4.78 is 0. The molecule has 3 rings (SSSR count). The van der Waals surface area contributed by atoms with Crippen molar-refractivity contribution >= 4 is 11.8 Å². The van der Waals surface area contributed by atoms with Crippen molar-refractivity contribution in [3.63, 3.8) is 0 Å². The molecule has 0 bridgehead atoms. The third-order valence-electron chi connectivity index (χ3n) is 5.01. The number of hydrogen-bond acceptors (Lipinski definition) is 3. The molecule has 0 aromatic heterocycles. The van der Waals surface area contributed by atoms with Gasteiger partial charge in [0.05, 0.1) is 11.8 Å². The molecule has 0 aromatic carbocycles. The van der Waals surface area contributed by atoms with Crippen molar-refractivity contribution in [1.82, 2.24) is 5.01 Å². The lowest BCUT2D eigenvalue weighted by Crippen LogP contribution is -2.37. The summed E-state index contributed by atoms with van der Waals surface area (Å²) >= 11 is 0. The topological polar surface area (TPSA) is 63.4 Å². The molecule has 1 fully saturated rings. The molecule has 4 nitrogen and oxygen atoms in total. The zero-order chi connectivity index (χ0) is 13.1. The van der Waals surface area contributed by atoms with Crippen LogP contribution in [0.5, 0.6) is 0 Å². The van der Waals surface area contributed by atoms with E-state index in [4.69, 9.17) is 5.84 Å². The Kier molecular flexibility index (Phi) is 2.43. The summed E-state index contributed by atoms with van der Waals surface area (Å²) in [6.45, 7) is 4.51. The second-order valence-corrected chi connectivity index (χ2v) is 6.49. The second kappa shape index (κ2) is 3.67. The third-order valence-corrected chi connectivity index (χ3v) is 5.01. The summed E-state index contributed by atoms with van der Waals surface area (Å²) in [6.07, 6.45) is 4.95. The molecule has 98 valence electrons. The molecule has 2 atom stereocenters. The zero-order valence-corrected chi connectivity index (χ0v) is 11.0. The summed E-state index contributed by atoms with van der Waals surface area (Å²) in [5, 5.41) is 0.848. The molecule has 2 aliphatic carbocycles. The minimum Gasteiger partial charge on any atom is -0.273 e. The van der Waals surface area contributed by atoms with Gasteiger partial charge in [-0.25, -0.2) is 10.9 Å². The van der Waals surface area contributed by atoms with E-state index in [-0.39, 0.29) is 29.1 Å². The van der Waals surface area contributed by atoms with E-state index in [2.05, 4.69) is 13.8 Å². The van der Waals surface area contributed by atoms with Crippen LogP contribution in [-0.2, 0) is 9.59 Å². The fourth-order valence-corrected chi connectivity index (χ4v) is 3.92. The smallest absolute Gasteiger partial charge is 0.247 e. The van der Waals surface area contributed by atoms with Crippen LogP contribution in [0, 0.1) is 17.3 Å². The van der Waals surface area contributed by atoms with Crippen LogP contribution in [0.3, 0.4) is 0 Å². The van der Waals surface area contributed by atoms with Crippen molar-refractivity contribution in [3.8, 4) is 0 Å². The molecular formula is C14H20N2O2. The molecule has 0 saturated carbocycles. The maximum Gasteiger partial charge on any atom is 0.247 e. The van der Waals surface area contributed by atoms with Gasteiger partial charge in [-0.2, -0.15) is 0 Å². The average molecular weight is 248 g/mol. The highest BCUT2D eigenvalue weighted by Gasteiger charge is 2.51. The van der Waals surface area contributed by atoms with Crippen LogP contribution >= 0.6 is 0 Å². The average Bonchev–Trinajstić information content (AvgIpc) is 2.53. The van der Waals surface area contributed by atoms with E-state index in [0.29, 0.717) is 0 Å². The van der Waals surface area contributed by atoms with Gasteiger partial charge in [-0.1, -0.05) is 25.0 Å². The Morgan fingerprint density at radius 2 is 1.78 bits per heavy atom. The summed E-state index contributed by atoms with van der Waals surface area (Å²) in [6, 6.07) is 0. The van der Waals surface area contributed by atoms with Crippen molar-refractivity contribution in [2.45, 2.75) is 46.0 Å². The minimum absolute atomic E-state index is 0.181. The number of carbonyl (C=O) groups is 2. The Hall–Kier alpha value is -1.16. The van der Waals surface area contributed by atoms with Gasteiger partial charge in [0.2, 0.25) is 11.8 Å². The number of hydrazine groups is 1. The summed E-state index contributed by atoms with van der Waals surface area (Å²) in [5.74, 6) is 4.81. The van der Waals surface area contributed by atoms with E-state index < -0.39 is 0 Å². The molecule has 0 spiro atoms. The van der Waals surface area contributed by atoms with Gasteiger partial charge in [-0.3, -0.25) is 9.59 Å². The standard InChI is InChI=1S/C14H20N2O2/c1-14(2)5-3-4-8-6-9-10(7-11(8)14)13(18)16(15)12(9)17/h9-10H,3-7,15H2,1-2H3/t9-,10-/m1/s1. The van der Waals surface area contributed by atoms with Gasteiger partial charge in [-0.15, -0.1) is 0 Å². The van der Waals surface area contributed by atoms with Crippen molar-refractivity contribution in [1.29, 1.82) is 0 Å². The van der Waals surface area contributed by atoms with Crippen LogP contribution in [0.25, 0.3) is 0 Å². The van der Waals surface area contributed by atoms with Crippen LogP contribution in [0.4, 0.5) is 0 Å². The Morgan fingerprint density at radius 1 is 1.17 bits per heavy atom. The number of allylic oxidation sites excluding steroid dienone is 2. The van der Waals surface area contributed by atoms with E-state index in [1.165, 1.54) is 24.0 Å². The van der Waals surface area contributed by atoms with E-state index in [1.54, 1.807) is 0 Å². The minimum atomic E-state index is -0.196. The molecule has 3 aliphatic rings. The maximum atomic E-state index is 12.0. The second-order valence-electron chi connectivity index (χ2n) is 6.49. The first-order valence-corrected chi connectivity index (χ1v) is 6.76. The summed E-state index contributed by atoms with van der Waals surface area (Å²) in [4.78, 5) is 23.9. The Balaban J connectivity index is 1.98. The highest BCUT2D eigenvalue weighted by molar-refractivity contribution is 6.04. The fraction of sp³-hybridized carbons (Fsp3) is 0.714. The number of rotatable bonds is 0. The largest absolute Gasteiger partial charge is 0.273 e. The van der Waals surface area contributed by atoms with Gasteiger partial charge in [-0.05, 0) is 37.5 Å². The molecule has 0 aromatic rings. The van der Waals surface area contributed by atoms with Gasteiger partial charge in [0.25, 0.3) is 0 Å². The predicted molar refractivity (Wildman–Crippen MR) is 66.9 cm³/mol. The van der Waals surface area contributed by atoms with E-state index in [1.807, 2.05) is 0 Å². The molecule has 2 N–H and O–H groups in total. The molecule has 1 aliphatic heterocycles. The SMILES string of the molecule is CC1(C)CCCC2=C1C[C@H]1C(=O)N(N)C(=O)[C@@H]1C2. The quantitative estimate of drug-likeness (QED) is 0.307. The number of imide groups is 1. The number of hydrogen-bond donors (Lipinski definition) is 1. The molecule has 4 heteroatoms. The summed E-state index contributed by atoms with van der Waals surface area (Å²) in [7, 11) is 0. The van der Waals surface area contributed by atoms with Crippen molar-refractivity contribution in [2.75, 3.05) is 0 Å². The molecule has 1 heterocycles. The molecule has 0 unspecified atom stereocenters. The normalized spacial score (nSPS) is 34.7. The van der Waals surface area contributed by atoms with Crippen molar-refractivity contribution in [2.24, 2.45) is 23.1 Å². The number of carbonyl (C=O) groups excluding carboxylic acids is 2. The van der Waals surface area contributed by atoms with E-state index >= 15 is 0 Å². The fourth-order valence-electron chi connectivity index (χ4n) is 3.92. The number of amides is 2. The lowest BCUT2D eigenvalue weighted by Gasteiger charge is -2.40. The Bertz CT molecular complexity index is 464. The predicted octanol–water partition coefficient (Wildman–Crippen LogP) is 1.76. The molecule has 0 radical (unpaired) electrons.